The van der Waals surface area contributed by atoms with Crippen molar-refractivity contribution in [2.24, 2.45) is 0 Å². The molecule has 0 spiro atoms. The van der Waals surface area contributed by atoms with E-state index in [-0.39, 0.29) is 6.54 Å². The first kappa shape index (κ1) is 19.2. The van der Waals surface area contributed by atoms with Crippen LogP contribution >= 0.6 is 0 Å². The minimum absolute atomic E-state index is 0.164. The third-order valence-electron chi connectivity index (χ3n) is 3.84. The molecule has 2 rings (SSSR count). The maximum Gasteiger partial charge on any atom is 0.334 e. The van der Waals surface area contributed by atoms with Gasteiger partial charge in [-0.05, 0) is 31.5 Å². The van der Waals surface area contributed by atoms with Crippen molar-refractivity contribution >= 4 is 23.8 Å². The third-order valence-corrected chi connectivity index (χ3v) is 3.84. The van der Waals surface area contributed by atoms with Gasteiger partial charge in [0.25, 0.3) is 0 Å². The summed E-state index contributed by atoms with van der Waals surface area (Å²) >= 11 is 0. The summed E-state index contributed by atoms with van der Waals surface area (Å²) in [6.07, 6.45) is 0. The van der Waals surface area contributed by atoms with Gasteiger partial charge in [0.2, 0.25) is 5.91 Å². The maximum absolute atomic E-state index is 12.1. The molecule has 1 saturated heterocycles. The lowest BCUT2D eigenvalue weighted by Gasteiger charge is -2.18. The van der Waals surface area contributed by atoms with E-state index in [4.69, 9.17) is 9.47 Å². The SMILES string of the molecule is COc1ccc(CNC(=O)CN2C(=O)C(=O)N(C(C)C)C2=O)cc1OC. The van der Waals surface area contributed by atoms with Crippen LogP contribution in [0.5, 0.6) is 11.5 Å². The predicted octanol–water partition coefficient (Wildman–Crippen LogP) is 0.519. The Bertz CT molecular complexity index is 746. The number of rotatable bonds is 7. The standard InChI is InChI=1S/C17H21N3O6/c1-10(2)20-16(23)15(22)19(17(20)24)9-14(21)18-8-11-5-6-12(25-3)13(7-11)26-4/h5-7,10H,8-9H2,1-4H3,(H,18,21). The molecule has 9 nitrogen and oxygen atoms in total. The number of ether oxygens (including phenoxy) is 2. The number of nitrogens with zero attached hydrogens (tertiary/aromatic N) is 2. The molecule has 1 fully saturated rings. The van der Waals surface area contributed by atoms with E-state index >= 15 is 0 Å². The van der Waals surface area contributed by atoms with E-state index in [2.05, 4.69) is 5.32 Å². The topological polar surface area (TPSA) is 105 Å². The Morgan fingerprint density at radius 2 is 1.73 bits per heavy atom. The Balaban J connectivity index is 1.98. The molecule has 26 heavy (non-hydrogen) atoms. The largest absolute Gasteiger partial charge is 0.493 e. The zero-order valence-corrected chi connectivity index (χ0v) is 15.1. The van der Waals surface area contributed by atoms with Crippen molar-refractivity contribution in [3.05, 3.63) is 23.8 Å². The number of methoxy groups -OCH3 is 2. The number of carbonyl (C=O) groups excluding carboxylic acids is 4. The van der Waals surface area contributed by atoms with Gasteiger partial charge in [-0.2, -0.15) is 0 Å². The summed E-state index contributed by atoms with van der Waals surface area (Å²) in [4.78, 5) is 49.4. The van der Waals surface area contributed by atoms with Gasteiger partial charge in [-0.15, -0.1) is 0 Å². The first-order valence-electron chi connectivity index (χ1n) is 7.96. The Labute approximate surface area is 150 Å². The Morgan fingerprint density at radius 1 is 1.08 bits per heavy atom. The van der Waals surface area contributed by atoms with Crippen molar-refractivity contribution in [3.63, 3.8) is 0 Å². The molecule has 1 aliphatic rings. The van der Waals surface area contributed by atoms with Crippen molar-refractivity contribution in [2.75, 3.05) is 20.8 Å². The molecular weight excluding hydrogens is 342 g/mol. The number of urea groups is 1. The molecule has 5 amide bonds. The van der Waals surface area contributed by atoms with Gasteiger partial charge in [0.15, 0.2) is 11.5 Å². The van der Waals surface area contributed by atoms with E-state index in [0.717, 1.165) is 10.5 Å². The number of nitrogens with one attached hydrogen (secondary N) is 1. The Hall–Kier alpha value is -3.10. The highest BCUT2D eigenvalue weighted by Crippen LogP contribution is 2.27. The van der Waals surface area contributed by atoms with Crippen molar-refractivity contribution in [2.45, 2.75) is 26.4 Å². The van der Waals surface area contributed by atoms with Crippen molar-refractivity contribution in [1.82, 2.24) is 15.1 Å². The molecule has 0 aromatic heterocycles. The van der Waals surface area contributed by atoms with Crippen molar-refractivity contribution < 1.29 is 28.7 Å². The summed E-state index contributed by atoms with van der Waals surface area (Å²) in [6.45, 7) is 2.88. The van der Waals surface area contributed by atoms with E-state index in [1.807, 2.05) is 0 Å². The summed E-state index contributed by atoms with van der Waals surface area (Å²) in [5.41, 5.74) is 0.745. The van der Waals surface area contributed by atoms with E-state index < -0.39 is 36.3 Å². The molecular formula is C17H21N3O6. The summed E-state index contributed by atoms with van der Waals surface area (Å²) < 4.78 is 10.3. The van der Waals surface area contributed by atoms with E-state index in [1.165, 1.54) is 14.2 Å². The van der Waals surface area contributed by atoms with Crippen LogP contribution in [0.25, 0.3) is 0 Å². The summed E-state index contributed by atoms with van der Waals surface area (Å²) in [5.74, 6) is -1.40. The fourth-order valence-corrected chi connectivity index (χ4v) is 2.51. The molecule has 0 unspecified atom stereocenters. The average molecular weight is 363 g/mol. The lowest BCUT2D eigenvalue weighted by molar-refractivity contribution is -0.144. The van der Waals surface area contributed by atoms with E-state index in [0.29, 0.717) is 16.4 Å². The summed E-state index contributed by atoms with van der Waals surface area (Å²) in [5, 5.41) is 2.60. The molecule has 1 aliphatic heterocycles. The zero-order chi connectivity index (χ0) is 19.4. The molecule has 1 aromatic rings. The maximum atomic E-state index is 12.1. The number of carbonyl (C=O) groups is 4. The number of hydrogen-bond acceptors (Lipinski definition) is 6. The second-order valence-corrected chi connectivity index (χ2v) is 5.91. The lowest BCUT2D eigenvalue weighted by Crippen LogP contribution is -2.42. The molecule has 9 heteroatoms. The van der Waals surface area contributed by atoms with Crippen LogP contribution in [0.1, 0.15) is 19.4 Å². The second-order valence-electron chi connectivity index (χ2n) is 5.91. The molecule has 0 atom stereocenters. The fraction of sp³-hybridized carbons (Fsp3) is 0.412. The summed E-state index contributed by atoms with van der Waals surface area (Å²) in [7, 11) is 3.02. The lowest BCUT2D eigenvalue weighted by atomic mass is 10.2. The van der Waals surface area contributed by atoms with E-state index in [9.17, 15) is 19.2 Å². The number of amides is 5. The number of benzene rings is 1. The van der Waals surface area contributed by atoms with Gasteiger partial charge in [0.1, 0.15) is 6.54 Å². The monoisotopic (exact) mass is 363 g/mol. The predicted molar refractivity (Wildman–Crippen MR) is 90.5 cm³/mol. The van der Waals surface area contributed by atoms with Gasteiger partial charge in [-0.25, -0.2) is 9.69 Å². The molecule has 0 aliphatic carbocycles. The molecule has 1 heterocycles. The highest BCUT2D eigenvalue weighted by molar-refractivity contribution is 6.45. The van der Waals surface area contributed by atoms with Crippen molar-refractivity contribution in [1.29, 1.82) is 0 Å². The van der Waals surface area contributed by atoms with Gasteiger partial charge in [-0.3, -0.25) is 19.3 Å². The molecule has 140 valence electrons. The number of hydrogen-bond donors (Lipinski definition) is 1. The summed E-state index contributed by atoms with van der Waals surface area (Å²) in [6, 6.07) is 3.91. The Kier molecular flexibility index (Phi) is 5.81. The van der Waals surface area contributed by atoms with Crippen LogP contribution in [-0.4, -0.2) is 60.4 Å². The molecule has 1 N–H and O–H groups in total. The normalized spacial score (nSPS) is 14.3. The molecule has 0 radical (unpaired) electrons. The van der Waals surface area contributed by atoms with Gasteiger partial charge >= 0.3 is 17.8 Å². The molecule has 0 saturated carbocycles. The average Bonchev–Trinajstić information content (AvgIpc) is 2.83. The number of imide groups is 2. The van der Waals surface area contributed by atoms with Gasteiger partial charge < -0.3 is 14.8 Å². The van der Waals surface area contributed by atoms with Crippen LogP contribution in [-0.2, 0) is 20.9 Å². The van der Waals surface area contributed by atoms with Gasteiger partial charge in [0.05, 0.1) is 14.2 Å². The third kappa shape index (κ3) is 3.76. The smallest absolute Gasteiger partial charge is 0.334 e. The van der Waals surface area contributed by atoms with Crippen LogP contribution in [0.3, 0.4) is 0 Å². The van der Waals surface area contributed by atoms with Crippen LogP contribution in [0.4, 0.5) is 4.79 Å². The Morgan fingerprint density at radius 3 is 2.27 bits per heavy atom. The molecule has 1 aromatic carbocycles. The molecule has 0 bridgehead atoms. The van der Waals surface area contributed by atoms with Crippen LogP contribution in [0, 0.1) is 0 Å². The van der Waals surface area contributed by atoms with E-state index in [1.54, 1.807) is 32.0 Å². The minimum atomic E-state index is -0.995. The van der Waals surface area contributed by atoms with Gasteiger partial charge in [0, 0.05) is 12.6 Å². The van der Waals surface area contributed by atoms with Crippen LogP contribution in [0.15, 0.2) is 18.2 Å². The first-order valence-corrected chi connectivity index (χ1v) is 7.96. The highest BCUT2D eigenvalue weighted by Gasteiger charge is 2.46. The minimum Gasteiger partial charge on any atom is -0.493 e. The van der Waals surface area contributed by atoms with Crippen molar-refractivity contribution in [3.8, 4) is 11.5 Å². The second kappa shape index (κ2) is 7.85. The van der Waals surface area contributed by atoms with Crippen LogP contribution in [0.2, 0.25) is 0 Å². The van der Waals surface area contributed by atoms with Gasteiger partial charge in [-0.1, -0.05) is 6.07 Å². The fourth-order valence-electron chi connectivity index (χ4n) is 2.51. The van der Waals surface area contributed by atoms with Crippen LogP contribution < -0.4 is 14.8 Å². The quantitative estimate of drug-likeness (QED) is 0.559. The zero-order valence-electron chi connectivity index (χ0n) is 15.1. The highest BCUT2D eigenvalue weighted by atomic mass is 16.5. The first-order chi connectivity index (χ1) is 12.3.